The molecule has 1 aliphatic rings. The van der Waals surface area contributed by atoms with Crippen LogP contribution in [0.1, 0.15) is 28.1 Å². The SMILES string of the molecule is COc1ccc(OC)c(C(=O)N(Cc2cccs2)CC2CCCO2)c1. The summed E-state index contributed by atoms with van der Waals surface area (Å²) in [5.74, 6) is 1.12. The zero-order valence-corrected chi connectivity index (χ0v) is 15.4. The van der Waals surface area contributed by atoms with Crippen LogP contribution in [0.3, 0.4) is 0 Å². The lowest BCUT2D eigenvalue weighted by molar-refractivity contribution is 0.0507. The van der Waals surface area contributed by atoms with E-state index in [1.165, 1.54) is 0 Å². The zero-order valence-electron chi connectivity index (χ0n) is 14.6. The normalized spacial score (nSPS) is 16.6. The maximum Gasteiger partial charge on any atom is 0.258 e. The molecule has 0 aliphatic carbocycles. The number of benzene rings is 1. The van der Waals surface area contributed by atoms with E-state index < -0.39 is 0 Å². The molecule has 2 aromatic rings. The van der Waals surface area contributed by atoms with Crippen LogP contribution in [0.5, 0.6) is 11.5 Å². The Balaban J connectivity index is 1.86. The van der Waals surface area contributed by atoms with Gasteiger partial charge in [-0.2, -0.15) is 0 Å². The van der Waals surface area contributed by atoms with Gasteiger partial charge < -0.3 is 19.1 Å². The third-order valence-electron chi connectivity index (χ3n) is 4.30. The number of carbonyl (C=O) groups excluding carboxylic acids is 1. The first-order valence-corrected chi connectivity index (χ1v) is 9.24. The van der Waals surface area contributed by atoms with Gasteiger partial charge in [-0.3, -0.25) is 4.79 Å². The Labute approximate surface area is 152 Å². The lowest BCUT2D eigenvalue weighted by Gasteiger charge is -2.26. The summed E-state index contributed by atoms with van der Waals surface area (Å²) >= 11 is 1.65. The van der Waals surface area contributed by atoms with Crippen LogP contribution in [-0.2, 0) is 11.3 Å². The van der Waals surface area contributed by atoms with Crippen molar-refractivity contribution >= 4 is 17.2 Å². The van der Waals surface area contributed by atoms with Gasteiger partial charge in [-0.25, -0.2) is 0 Å². The largest absolute Gasteiger partial charge is 0.497 e. The zero-order chi connectivity index (χ0) is 17.6. The number of methoxy groups -OCH3 is 2. The van der Waals surface area contributed by atoms with Gasteiger partial charge >= 0.3 is 0 Å². The molecular formula is C19H23NO4S. The van der Waals surface area contributed by atoms with Gasteiger partial charge in [0.05, 0.1) is 32.4 Å². The number of ether oxygens (including phenoxy) is 3. The molecule has 1 aliphatic heterocycles. The molecule has 0 radical (unpaired) electrons. The van der Waals surface area contributed by atoms with E-state index in [-0.39, 0.29) is 12.0 Å². The van der Waals surface area contributed by atoms with Crippen LogP contribution in [0, 0.1) is 0 Å². The Bertz CT molecular complexity index is 695. The summed E-state index contributed by atoms with van der Waals surface area (Å²) in [5.41, 5.74) is 0.511. The molecule has 3 rings (SSSR count). The fraction of sp³-hybridized carbons (Fsp3) is 0.421. The molecule has 1 atom stereocenters. The van der Waals surface area contributed by atoms with Gasteiger partial charge in [0, 0.05) is 18.0 Å². The van der Waals surface area contributed by atoms with Crippen LogP contribution in [0.4, 0.5) is 0 Å². The molecule has 0 N–H and O–H groups in total. The van der Waals surface area contributed by atoms with Crippen LogP contribution < -0.4 is 9.47 Å². The Morgan fingerprint density at radius 3 is 2.84 bits per heavy atom. The van der Waals surface area contributed by atoms with Crippen molar-refractivity contribution in [2.75, 3.05) is 27.4 Å². The highest BCUT2D eigenvalue weighted by atomic mass is 32.1. The van der Waals surface area contributed by atoms with Crippen molar-refractivity contribution in [1.82, 2.24) is 4.90 Å². The van der Waals surface area contributed by atoms with Gasteiger partial charge in [0.25, 0.3) is 5.91 Å². The van der Waals surface area contributed by atoms with Crippen LogP contribution >= 0.6 is 11.3 Å². The Kier molecular flexibility index (Phi) is 5.94. The standard InChI is InChI=1S/C19H23NO4S/c1-22-14-7-8-18(23-2)17(11-14)19(21)20(12-15-5-3-9-24-15)13-16-6-4-10-25-16/h4,6-8,10-11,15H,3,5,9,12-13H2,1-2H3. The summed E-state index contributed by atoms with van der Waals surface area (Å²) < 4.78 is 16.4. The average Bonchev–Trinajstić information content (AvgIpc) is 3.34. The van der Waals surface area contributed by atoms with Crippen LogP contribution in [0.2, 0.25) is 0 Å². The average molecular weight is 361 g/mol. The van der Waals surface area contributed by atoms with Gasteiger partial charge in [-0.1, -0.05) is 6.07 Å². The molecule has 1 aromatic heterocycles. The number of hydrogen-bond donors (Lipinski definition) is 0. The molecule has 1 amide bonds. The van der Waals surface area contributed by atoms with Crippen molar-refractivity contribution in [3.63, 3.8) is 0 Å². The molecule has 1 aromatic carbocycles. The molecular weight excluding hydrogens is 338 g/mol. The van der Waals surface area contributed by atoms with Gasteiger partial charge in [-0.15, -0.1) is 11.3 Å². The minimum Gasteiger partial charge on any atom is -0.497 e. The fourth-order valence-electron chi connectivity index (χ4n) is 3.00. The van der Waals surface area contributed by atoms with E-state index in [1.54, 1.807) is 43.8 Å². The lowest BCUT2D eigenvalue weighted by Crippen LogP contribution is -2.37. The molecule has 134 valence electrons. The van der Waals surface area contributed by atoms with E-state index in [1.807, 2.05) is 22.4 Å². The highest BCUT2D eigenvalue weighted by Crippen LogP contribution is 2.27. The van der Waals surface area contributed by atoms with Gasteiger partial charge in [0.15, 0.2) is 0 Å². The molecule has 1 unspecified atom stereocenters. The minimum atomic E-state index is -0.0698. The van der Waals surface area contributed by atoms with E-state index in [4.69, 9.17) is 14.2 Å². The van der Waals surface area contributed by atoms with E-state index in [9.17, 15) is 4.79 Å². The number of hydrogen-bond acceptors (Lipinski definition) is 5. The number of thiophene rings is 1. The quantitative estimate of drug-likeness (QED) is 0.756. The predicted molar refractivity (Wildman–Crippen MR) is 97.6 cm³/mol. The summed E-state index contributed by atoms with van der Waals surface area (Å²) in [4.78, 5) is 16.2. The highest BCUT2D eigenvalue weighted by molar-refractivity contribution is 7.09. The number of amides is 1. The van der Waals surface area contributed by atoms with Crippen molar-refractivity contribution in [3.8, 4) is 11.5 Å². The van der Waals surface area contributed by atoms with Crippen molar-refractivity contribution in [3.05, 3.63) is 46.2 Å². The molecule has 25 heavy (non-hydrogen) atoms. The number of rotatable bonds is 7. The highest BCUT2D eigenvalue weighted by Gasteiger charge is 2.26. The summed E-state index contributed by atoms with van der Waals surface area (Å²) in [6.45, 7) is 1.92. The summed E-state index contributed by atoms with van der Waals surface area (Å²) in [6.07, 6.45) is 2.14. The van der Waals surface area contributed by atoms with Crippen LogP contribution in [0.25, 0.3) is 0 Å². The van der Waals surface area contributed by atoms with E-state index >= 15 is 0 Å². The molecule has 0 saturated carbocycles. The monoisotopic (exact) mass is 361 g/mol. The third-order valence-corrected chi connectivity index (χ3v) is 5.16. The second-order valence-electron chi connectivity index (χ2n) is 5.97. The first kappa shape index (κ1) is 17.8. The molecule has 0 bridgehead atoms. The third kappa shape index (κ3) is 4.32. The molecule has 1 fully saturated rings. The number of carbonyl (C=O) groups is 1. The Hall–Kier alpha value is -2.05. The van der Waals surface area contributed by atoms with Crippen molar-refractivity contribution in [1.29, 1.82) is 0 Å². The maximum absolute atomic E-state index is 13.2. The minimum absolute atomic E-state index is 0.0698. The summed E-state index contributed by atoms with van der Waals surface area (Å²) in [5, 5.41) is 2.02. The Morgan fingerprint density at radius 2 is 2.20 bits per heavy atom. The lowest BCUT2D eigenvalue weighted by atomic mass is 10.1. The molecule has 6 heteroatoms. The molecule has 1 saturated heterocycles. The van der Waals surface area contributed by atoms with Gasteiger partial charge in [-0.05, 0) is 42.5 Å². The van der Waals surface area contributed by atoms with Crippen LogP contribution in [-0.4, -0.2) is 44.3 Å². The van der Waals surface area contributed by atoms with Gasteiger partial charge in [0.2, 0.25) is 0 Å². The van der Waals surface area contributed by atoms with E-state index in [0.717, 1.165) is 24.3 Å². The Morgan fingerprint density at radius 1 is 1.32 bits per heavy atom. The number of nitrogens with zero attached hydrogens (tertiary/aromatic N) is 1. The van der Waals surface area contributed by atoms with Crippen molar-refractivity contribution in [2.45, 2.75) is 25.5 Å². The topological polar surface area (TPSA) is 48.0 Å². The fourth-order valence-corrected chi connectivity index (χ4v) is 3.72. The summed E-state index contributed by atoms with van der Waals surface area (Å²) in [6, 6.07) is 9.34. The van der Waals surface area contributed by atoms with Crippen molar-refractivity contribution < 1.29 is 19.0 Å². The second kappa shape index (κ2) is 8.36. The molecule has 5 nitrogen and oxygen atoms in total. The molecule has 0 spiro atoms. The smallest absolute Gasteiger partial charge is 0.258 e. The predicted octanol–water partition coefficient (Wildman–Crippen LogP) is 3.59. The first-order valence-electron chi connectivity index (χ1n) is 8.36. The van der Waals surface area contributed by atoms with Crippen LogP contribution in [0.15, 0.2) is 35.7 Å². The van der Waals surface area contributed by atoms with Gasteiger partial charge in [0.1, 0.15) is 11.5 Å². The second-order valence-corrected chi connectivity index (χ2v) is 7.00. The van der Waals surface area contributed by atoms with E-state index in [2.05, 4.69) is 0 Å². The van der Waals surface area contributed by atoms with Crippen molar-refractivity contribution in [2.24, 2.45) is 0 Å². The maximum atomic E-state index is 13.2. The first-order chi connectivity index (χ1) is 12.2. The summed E-state index contributed by atoms with van der Waals surface area (Å²) in [7, 11) is 3.16. The van der Waals surface area contributed by atoms with E-state index in [0.29, 0.717) is 30.2 Å². The molecule has 2 heterocycles.